The van der Waals surface area contributed by atoms with E-state index in [4.69, 9.17) is 11.6 Å². The van der Waals surface area contributed by atoms with E-state index in [2.05, 4.69) is 4.72 Å². The minimum Gasteiger partial charge on any atom is -0.297 e. The number of hydrogen-bond donors (Lipinski definition) is 1. The number of carbonyl (C=O) groups excluding carboxylic acids is 1. The smallest absolute Gasteiger partial charge is 0.250 e. The van der Waals surface area contributed by atoms with E-state index in [0.29, 0.717) is 6.29 Å². The van der Waals surface area contributed by atoms with E-state index in [0.717, 1.165) is 11.3 Å². The van der Waals surface area contributed by atoms with E-state index < -0.39 is 15.6 Å². The number of thiophene rings is 1. The zero-order valence-corrected chi connectivity index (χ0v) is 11.5. The van der Waals surface area contributed by atoms with Crippen molar-refractivity contribution in [2.45, 2.75) is 30.5 Å². The van der Waals surface area contributed by atoms with Crippen molar-refractivity contribution in [3.8, 4) is 0 Å². The Morgan fingerprint density at radius 3 is 2.38 bits per heavy atom. The molecule has 0 amide bonds. The molecule has 0 aliphatic rings. The van der Waals surface area contributed by atoms with Crippen molar-refractivity contribution in [2.24, 2.45) is 0 Å². The third kappa shape index (κ3) is 3.28. The Balaban J connectivity index is 3.13. The van der Waals surface area contributed by atoms with Gasteiger partial charge >= 0.3 is 0 Å². The normalized spacial score (nSPS) is 12.8. The molecule has 1 rings (SSSR count). The van der Waals surface area contributed by atoms with Crippen LogP contribution in [0.25, 0.3) is 0 Å². The molecule has 0 unspecified atom stereocenters. The standard InChI is InChI=1S/C9H12ClNO3S2/c1-9(2,3)11-16(13,14)8-4-6(10)7(5-12)15-8/h4-5,11H,1-3H3. The summed E-state index contributed by atoms with van der Waals surface area (Å²) in [7, 11) is -3.60. The summed E-state index contributed by atoms with van der Waals surface area (Å²) in [6.07, 6.45) is 0.545. The molecule has 16 heavy (non-hydrogen) atoms. The molecule has 0 saturated carbocycles. The summed E-state index contributed by atoms with van der Waals surface area (Å²) >= 11 is 6.57. The summed E-state index contributed by atoms with van der Waals surface area (Å²) < 4.78 is 26.2. The van der Waals surface area contributed by atoms with Crippen molar-refractivity contribution in [3.05, 3.63) is 16.0 Å². The zero-order valence-electron chi connectivity index (χ0n) is 9.07. The van der Waals surface area contributed by atoms with Gasteiger partial charge < -0.3 is 0 Å². The fraction of sp³-hybridized carbons (Fsp3) is 0.444. The second-order valence-corrected chi connectivity index (χ2v) is 7.65. The maximum absolute atomic E-state index is 11.9. The molecule has 0 aliphatic carbocycles. The predicted molar refractivity (Wildman–Crippen MR) is 64.8 cm³/mol. The number of aldehydes is 1. The van der Waals surface area contributed by atoms with Gasteiger partial charge in [-0.2, -0.15) is 0 Å². The van der Waals surface area contributed by atoms with E-state index in [1.165, 1.54) is 6.07 Å². The molecule has 90 valence electrons. The third-order valence-corrected chi connectivity index (χ3v) is 5.22. The number of halogens is 1. The maximum Gasteiger partial charge on any atom is 0.250 e. The fourth-order valence-corrected chi connectivity index (χ4v) is 4.04. The highest BCUT2D eigenvalue weighted by molar-refractivity contribution is 7.91. The van der Waals surface area contributed by atoms with Gasteiger partial charge in [-0.25, -0.2) is 13.1 Å². The maximum atomic E-state index is 11.9. The topological polar surface area (TPSA) is 63.2 Å². The second-order valence-electron chi connectivity index (χ2n) is 4.25. The Bertz CT molecular complexity index is 499. The molecular weight excluding hydrogens is 270 g/mol. The molecule has 0 radical (unpaired) electrons. The molecule has 1 N–H and O–H groups in total. The molecule has 1 heterocycles. The van der Waals surface area contributed by atoms with Crippen LogP contribution in [0, 0.1) is 0 Å². The number of carbonyl (C=O) groups is 1. The van der Waals surface area contributed by atoms with E-state index in [9.17, 15) is 13.2 Å². The SMILES string of the molecule is CC(C)(C)NS(=O)(=O)c1cc(Cl)c(C=O)s1. The molecule has 0 atom stereocenters. The van der Waals surface area contributed by atoms with Crippen molar-refractivity contribution in [1.82, 2.24) is 4.72 Å². The van der Waals surface area contributed by atoms with Gasteiger partial charge in [0.15, 0.2) is 6.29 Å². The van der Waals surface area contributed by atoms with Crippen molar-refractivity contribution >= 4 is 39.2 Å². The third-order valence-electron chi connectivity index (χ3n) is 1.50. The molecule has 0 fully saturated rings. The Morgan fingerprint density at radius 1 is 1.44 bits per heavy atom. The van der Waals surface area contributed by atoms with Crippen molar-refractivity contribution in [3.63, 3.8) is 0 Å². The lowest BCUT2D eigenvalue weighted by molar-refractivity contribution is 0.112. The molecule has 1 aromatic heterocycles. The van der Waals surface area contributed by atoms with Crippen LogP contribution in [0.2, 0.25) is 5.02 Å². The highest BCUT2D eigenvalue weighted by Gasteiger charge is 2.24. The monoisotopic (exact) mass is 281 g/mol. The van der Waals surface area contributed by atoms with Crippen LogP contribution < -0.4 is 4.72 Å². The van der Waals surface area contributed by atoms with E-state index in [1.54, 1.807) is 20.8 Å². The van der Waals surface area contributed by atoms with Crippen molar-refractivity contribution in [1.29, 1.82) is 0 Å². The molecule has 0 aliphatic heterocycles. The molecule has 0 spiro atoms. The average Bonchev–Trinajstić information content (AvgIpc) is 2.43. The zero-order chi connectivity index (χ0) is 12.6. The summed E-state index contributed by atoms with van der Waals surface area (Å²) in [6.45, 7) is 5.21. The summed E-state index contributed by atoms with van der Waals surface area (Å²) in [4.78, 5) is 10.8. The Hall–Kier alpha value is -0.430. The van der Waals surface area contributed by atoms with Gasteiger partial charge in [0.2, 0.25) is 0 Å². The van der Waals surface area contributed by atoms with Crippen LogP contribution in [0.15, 0.2) is 10.3 Å². The summed E-state index contributed by atoms with van der Waals surface area (Å²) in [5.41, 5.74) is -0.573. The van der Waals surface area contributed by atoms with Crippen molar-refractivity contribution < 1.29 is 13.2 Å². The lowest BCUT2D eigenvalue weighted by atomic mass is 10.1. The van der Waals surface area contributed by atoms with Crippen LogP contribution in [-0.2, 0) is 10.0 Å². The highest BCUT2D eigenvalue weighted by atomic mass is 35.5. The predicted octanol–water partition coefficient (Wildman–Crippen LogP) is 2.29. The first-order valence-corrected chi connectivity index (χ1v) is 7.12. The lowest BCUT2D eigenvalue weighted by Gasteiger charge is -2.19. The largest absolute Gasteiger partial charge is 0.297 e. The quantitative estimate of drug-likeness (QED) is 0.865. The summed E-state index contributed by atoms with van der Waals surface area (Å²) in [6, 6.07) is 1.28. The van der Waals surface area contributed by atoms with E-state index in [-0.39, 0.29) is 14.1 Å². The summed E-state index contributed by atoms with van der Waals surface area (Å²) in [5.74, 6) is 0. The van der Waals surface area contributed by atoms with Gasteiger partial charge in [-0.05, 0) is 26.8 Å². The Morgan fingerprint density at radius 2 is 2.00 bits per heavy atom. The first kappa shape index (κ1) is 13.6. The molecule has 0 saturated heterocycles. The van der Waals surface area contributed by atoms with Gasteiger partial charge in [-0.15, -0.1) is 11.3 Å². The van der Waals surface area contributed by atoms with E-state index >= 15 is 0 Å². The number of hydrogen-bond acceptors (Lipinski definition) is 4. The van der Waals surface area contributed by atoms with Crippen LogP contribution in [0.4, 0.5) is 0 Å². The van der Waals surface area contributed by atoms with E-state index in [1.807, 2.05) is 0 Å². The molecule has 0 aromatic carbocycles. The average molecular weight is 282 g/mol. The highest BCUT2D eigenvalue weighted by Crippen LogP contribution is 2.29. The molecule has 0 bridgehead atoms. The molecule has 1 aromatic rings. The van der Waals surface area contributed by atoms with Crippen LogP contribution >= 0.6 is 22.9 Å². The minimum atomic E-state index is -3.60. The van der Waals surface area contributed by atoms with Gasteiger partial charge in [0.25, 0.3) is 10.0 Å². The number of nitrogens with one attached hydrogen (secondary N) is 1. The van der Waals surface area contributed by atoms with Crippen LogP contribution in [-0.4, -0.2) is 20.2 Å². The van der Waals surface area contributed by atoms with Crippen LogP contribution in [0.3, 0.4) is 0 Å². The van der Waals surface area contributed by atoms with Gasteiger partial charge in [0, 0.05) is 5.54 Å². The Kier molecular flexibility index (Phi) is 3.79. The molecule has 7 heteroatoms. The van der Waals surface area contributed by atoms with Gasteiger partial charge in [0.05, 0.1) is 9.90 Å². The lowest BCUT2D eigenvalue weighted by Crippen LogP contribution is -2.40. The number of sulfonamides is 1. The van der Waals surface area contributed by atoms with Crippen LogP contribution in [0.1, 0.15) is 30.4 Å². The molecular formula is C9H12ClNO3S2. The summed E-state index contributed by atoms with van der Waals surface area (Å²) in [5, 5.41) is 0.161. The van der Waals surface area contributed by atoms with Gasteiger partial charge in [-0.1, -0.05) is 11.6 Å². The van der Waals surface area contributed by atoms with Crippen molar-refractivity contribution in [2.75, 3.05) is 0 Å². The molecule has 4 nitrogen and oxygen atoms in total. The number of rotatable bonds is 3. The second kappa shape index (κ2) is 4.44. The van der Waals surface area contributed by atoms with Gasteiger partial charge in [0.1, 0.15) is 4.21 Å². The minimum absolute atomic E-state index is 0.0505. The van der Waals surface area contributed by atoms with Gasteiger partial charge in [-0.3, -0.25) is 4.79 Å². The fourth-order valence-electron chi connectivity index (χ4n) is 1.03. The first-order valence-electron chi connectivity index (χ1n) is 4.44. The Labute approximate surface area is 104 Å². The van der Waals surface area contributed by atoms with Crippen LogP contribution in [0.5, 0.6) is 0 Å². The first-order chi connectivity index (χ1) is 7.15.